The van der Waals surface area contributed by atoms with Crippen LogP contribution in [0.2, 0.25) is 5.15 Å². The molecule has 0 unspecified atom stereocenters. The van der Waals surface area contributed by atoms with Gasteiger partial charge in [0.25, 0.3) is 0 Å². The minimum atomic E-state index is -1.01. The van der Waals surface area contributed by atoms with E-state index in [1.54, 1.807) is 12.3 Å². The summed E-state index contributed by atoms with van der Waals surface area (Å²) >= 11 is 5.75. The third-order valence-corrected chi connectivity index (χ3v) is 3.32. The van der Waals surface area contributed by atoms with Crippen LogP contribution < -0.4 is 10.0 Å². The Morgan fingerprint density at radius 1 is 1.35 bits per heavy atom. The van der Waals surface area contributed by atoms with Crippen LogP contribution in [-0.2, 0) is 0 Å². The molecule has 1 aliphatic rings. The smallest absolute Gasteiger partial charge is 0.449 e. The van der Waals surface area contributed by atoms with Gasteiger partial charge in [-0.25, -0.2) is 9.78 Å². The van der Waals surface area contributed by atoms with Gasteiger partial charge in [0.15, 0.2) is 5.69 Å². The maximum Gasteiger partial charge on any atom is 0.449 e. The van der Waals surface area contributed by atoms with Crippen LogP contribution in [0.1, 0.15) is 19.3 Å². The average Bonchev–Trinajstić information content (AvgIpc) is 2.30. The summed E-state index contributed by atoms with van der Waals surface area (Å²) in [5.41, 5.74) is 3.45. The number of aromatic nitrogens is 1. The lowest BCUT2D eigenvalue weighted by atomic mass is 10.1. The zero-order valence-electron chi connectivity index (χ0n) is 9.40. The molecule has 17 heavy (non-hydrogen) atoms. The average molecular weight is 257 g/mol. The van der Waals surface area contributed by atoms with Crippen LogP contribution in [0.15, 0.2) is 18.3 Å². The molecule has 2 heterocycles. The first-order valence-electron chi connectivity index (χ1n) is 5.63. The van der Waals surface area contributed by atoms with Crippen molar-refractivity contribution in [2.45, 2.75) is 19.3 Å². The normalized spacial score (nSPS) is 18.6. The molecule has 0 aromatic carbocycles. The first kappa shape index (κ1) is 12.1. The van der Waals surface area contributed by atoms with Crippen molar-refractivity contribution in [3.63, 3.8) is 0 Å². The van der Waals surface area contributed by atoms with E-state index in [0.717, 1.165) is 38.0 Å². The van der Waals surface area contributed by atoms with Gasteiger partial charge in [0.05, 0.1) is 6.20 Å². The zero-order chi connectivity index (χ0) is 12.3. The fourth-order valence-corrected chi connectivity index (χ4v) is 2.40. The van der Waals surface area contributed by atoms with E-state index >= 15 is 0 Å². The summed E-state index contributed by atoms with van der Waals surface area (Å²) in [4.78, 5) is 15.0. The van der Waals surface area contributed by atoms with Crippen LogP contribution >= 0.6 is 11.6 Å². The van der Waals surface area contributed by atoms with Crippen LogP contribution in [0.25, 0.3) is 0 Å². The SMILES string of the molecule is O=C(O)N[N+]1(c2ccc(Cl)nc2)CCCCC1. The third-order valence-electron chi connectivity index (χ3n) is 3.10. The molecule has 5 nitrogen and oxygen atoms in total. The summed E-state index contributed by atoms with van der Waals surface area (Å²) < 4.78 is 0.250. The van der Waals surface area contributed by atoms with Crippen LogP contribution in [0, 0.1) is 0 Å². The molecule has 1 aromatic heterocycles. The minimum Gasteiger partial charge on any atom is -0.462 e. The zero-order valence-corrected chi connectivity index (χ0v) is 10.2. The second-order valence-corrected chi connectivity index (χ2v) is 4.62. The topological polar surface area (TPSA) is 62.2 Å². The predicted molar refractivity (Wildman–Crippen MR) is 65.8 cm³/mol. The maximum absolute atomic E-state index is 10.9. The summed E-state index contributed by atoms with van der Waals surface area (Å²) in [6.07, 6.45) is 3.78. The van der Waals surface area contributed by atoms with Crippen molar-refractivity contribution in [1.82, 2.24) is 15.0 Å². The Labute approximate surface area is 105 Å². The van der Waals surface area contributed by atoms with Crippen molar-refractivity contribution in [3.8, 4) is 0 Å². The Kier molecular flexibility index (Phi) is 3.49. The van der Waals surface area contributed by atoms with Crippen molar-refractivity contribution in [2.75, 3.05) is 13.1 Å². The lowest BCUT2D eigenvalue weighted by Crippen LogP contribution is -2.63. The molecule has 0 bridgehead atoms. The number of hydrogen-bond acceptors (Lipinski definition) is 2. The Bertz CT molecular complexity index is 402. The highest BCUT2D eigenvalue weighted by Gasteiger charge is 2.35. The number of carbonyl (C=O) groups is 1. The summed E-state index contributed by atoms with van der Waals surface area (Å²) in [5.74, 6) is 0. The number of hydrogen-bond donors (Lipinski definition) is 2. The Morgan fingerprint density at radius 3 is 2.59 bits per heavy atom. The number of nitrogens with one attached hydrogen (secondary N) is 1. The number of halogens is 1. The molecular weight excluding hydrogens is 242 g/mol. The number of pyridine rings is 1. The van der Waals surface area contributed by atoms with Crippen molar-refractivity contribution >= 4 is 23.4 Å². The van der Waals surface area contributed by atoms with E-state index in [1.165, 1.54) is 0 Å². The number of nitrogens with zero attached hydrogens (tertiary/aromatic N) is 2. The van der Waals surface area contributed by atoms with Gasteiger partial charge in [-0.1, -0.05) is 11.6 Å². The summed E-state index contributed by atoms with van der Waals surface area (Å²) in [6, 6.07) is 3.52. The number of carboxylic acid groups (broad SMARTS) is 1. The molecule has 0 aliphatic carbocycles. The predicted octanol–water partition coefficient (Wildman–Crippen LogP) is 2.41. The molecule has 0 radical (unpaired) electrons. The molecule has 0 saturated carbocycles. The summed E-state index contributed by atoms with van der Waals surface area (Å²) in [7, 11) is 0. The highest BCUT2D eigenvalue weighted by molar-refractivity contribution is 6.29. The van der Waals surface area contributed by atoms with E-state index in [-0.39, 0.29) is 4.59 Å². The first-order valence-corrected chi connectivity index (χ1v) is 6.01. The third kappa shape index (κ3) is 2.68. The van der Waals surface area contributed by atoms with E-state index in [4.69, 9.17) is 16.7 Å². The van der Waals surface area contributed by atoms with Gasteiger partial charge in [-0.05, 0) is 25.3 Å². The molecule has 92 valence electrons. The fraction of sp³-hybridized carbons (Fsp3) is 0.455. The molecule has 2 N–H and O–H groups in total. The van der Waals surface area contributed by atoms with E-state index < -0.39 is 6.09 Å². The lowest BCUT2D eigenvalue weighted by molar-refractivity contribution is 0.126. The van der Waals surface area contributed by atoms with E-state index in [1.807, 2.05) is 6.07 Å². The van der Waals surface area contributed by atoms with Crippen molar-refractivity contribution in [3.05, 3.63) is 23.5 Å². The van der Waals surface area contributed by atoms with Gasteiger partial charge in [0, 0.05) is 6.07 Å². The summed E-state index contributed by atoms with van der Waals surface area (Å²) in [5, 5.41) is 9.39. The summed E-state index contributed by atoms with van der Waals surface area (Å²) in [6.45, 7) is 1.52. The van der Waals surface area contributed by atoms with Crippen LogP contribution in [0.4, 0.5) is 10.5 Å². The Balaban J connectivity index is 2.31. The number of piperidine rings is 1. The van der Waals surface area contributed by atoms with E-state index in [2.05, 4.69) is 10.4 Å². The number of rotatable bonds is 2. The largest absolute Gasteiger partial charge is 0.462 e. The van der Waals surface area contributed by atoms with Crippen molar-refractivity contribution in [2.24, 2.45) is 0 Å². The molecule has 1 aliphatic heterocycles. The fourth-order valence-electron chi connectivity index (χ4n) is 2.29. The standard InChI is InChI=1S/C11H14ClN3O2/c12-10-5-4-9(8-13-10)15(14-11(16)17)6-2-1-3-7-15/h4-5,8,14H,1-3,6-7H2/p+1. The minimum absolute atomic E-state index is 0.250. The second-order valence-electron chi connectivity index (χ2n) is 4.23. The quantitative estimate of drug-likeness (QED) is 0.631. The van der Waals surface area contributed by atoms with Gasteiger partial charge in [0.2, 0.25) is 0 Å². The molecule has 0 atom stereocenters. The molecular formula is C11H15ClN3O2+. The number of amides is 1. The number of quaternary nitrogens is 1. The van der Waals surface area contributed by atoms with Gasteiger partial charge in [-0.3, -0.25) is 0 Å². The first-order chi connectivity index (χ1) is 8.12. The van der Waals surface area contributed by atoms with Gasteiger partial charge in [0.1, 0.15) is 18.2 Å². The van der Waals surface area contributed by atoms with Crippen LogP contribution in [0.5, 0.6) is 0 Å². The van der Waals surface area contributed by atoms with Crippen molar-refractivity contribution < 1.29 is 9.90 Å². The molecule has 1 aromatic rings. The van der Waals surface area contributed by atoms with Gasteiger partial charge < -0.3 is 5.11 Å². The molecule has 1 fully saturated rings. The van der Waals surface area contributed by atoms with Gasteiger partial charge >= 0.3 is 6.09 Å². The molecule has 1 saturated heterocycles. The second kappa shape index (κ2) is 4.89. The van der Waals surface area contributed by atoms with Gasteiger partial charge in [-0.15, -0.1) is 0 Å². The Hall–Kier alpha value is -1.33. The molecule has 6 heteroatoms. The highest BCUT2D eigenvalue weighted by Crippen LogP contribution is 2.26. The Morgan fingerprint density at radius 2 is 2.06 bits per heavy atom. The van der Waals surface area contributed by atoms with Crippen molar-refractivity contribution in [1.29, 1.82) is 0 Å². The molecule has 0 spiro atoms. The van der Waals surface area contributed by atoms with E-state index in [0.29, 0.717) is 5.15 Å². The van der Waals surface area contributed by atoms with Gasteiger partial charge in [-0.2, -0.15) is 10.0 Å². The van der Waals surface area contributed by atoms with Crippen LogP contribution in [-0.4, -0.2) is 29.3 Å². The van der Waals surface area contributed by atoms with Crippen LogP contribution in [0.3, 0.4) is 0 Å². The molecule has 2 rings (SSSR count). The lowest BCUT2D eigenvalue weighted by Gasteiger charge is -2.38. The highest BCUT2D eigenvalue weighted by atomic mass is 35.5. The molecule has 1 amide bonds. The maximum atomic E-state index is 10.9. The monoisotopic (exact) mass is 256 g/mol. The van der Waals surface area contributed by atoms with E-state index in [9.17, 15) is 4.79 Å².